The minimum Gasteiger partial charge on any atom is -0.382 e. The minimum absolute atomic E-state index is 0.264. The molecule has 2 rings (SSSR count). The van der Waals surface area contributed by atoms with Gasteiger partial charge < -0.3 is 4.74 Å². The molecule has 1 aromatic carbocycles. The van der Waals surface area contributed by atoms with Gasteiger partial charge in [0, 0.05) is 36.5 Å². The van der Waals surface area contributed by atoms with Crippen LogP contribution in [-0.2, 0) is 4.74 Å². The van der Waals surface area contributed by atoms with E-state index < -0.39 is 0 Å². The number of hydrogen-bond donors (Lipinski definition) is 0. The minimum atomic E-state index is 0.264. The van der Waals surface area contributed by atoms with Crippen molar-refractivity contribution in [2.24, 2.45) is 0 Å². The fourth-order valence-electron chi connectivity index (χ4n) is 2.40. The summed E-state index contributed by atoms with van der Waals surface area (Å²) in [5.41, 5.74) is 2.84. The first-order valence-corrected chi connectivity index (χ1v) is 8.92. The van der Waals surface area contributed by atoms with Gasteiger partial charge in [-0.1, -0.05) is 18.5 Å². The number of ether oxygens (including phenoxy) is 1. The predicted molar refractivity (Wildman–Crippen MR) is 101 cm³/mol. The molecule has 0 fully saturated rings. The van der Waals surface area contributed by atoms with Crippen LogP contribution in [0.25, 0.3) is 5.69 Å². The van der Waals surface area contributed by atoms with E-state index in [0.717, 1.165) is 48.0 Å². The molecule has 0 spiro atoms. The molecule has 0 bridgehead atoms. The SMILES string of the molecule is CCOCCCC(C)c1cncnccn(-c2ccc(Cl)c(C)c2)n1. The number of hydrogen-bond acceptors (Lipinski definition) is 4. The summed E-state index contributed by atoms with van der Waals surface area (Å²) in [5, 5.41) is 5.53. The highest BCUT2D eigenvalue weighted by atomic mass is 35.5. The lowest BCUT2D eigenvalue weighted by Gasteiger charge is -2.11. The van der Waals surface area contributed by atoms with Crippen molar-refractivity contribution in [3.63, 3.8) is 0 Å². The summed E-state index contributed by atoms with van der Waals surface area (Å²) in [4.78, 5) is 8.34. The zero-order valence-electron chi connectivity index (χ0n) is 15.0. The second-order valence-electron chi connectivity index (χ2n) is 5.88. The van der Waals surface area contributed by atoms with E-state index in [9.17, 15) is 0 Å². The summed E-state index contributed by atoms with van der Waals surface area (Å²) in [7, 11) is 0. The molecule has 0 saturated heterocycles. The number of aryl methyl sites for hydroxylation is 1. The van der Waals surface area contributed by atoms with E-state index >= 15 is 0 Å². The first-order chi connectivity index (χ1) is 12.1. The maximum atomic E-state index is 6.14. The third-order valence-corrected chi connectivity index (χ3v) is 4.32. The monoisotopic (exact) mass is 360 g/mol. The van der Waals surface area contributed by atoms with E-state index in [1.165, 1.54) is 6.33 Å². The predicted octanol–water partition coefficient (Wildman–Crippen LogP) is 4.67. The van der Waals surface area contributed by atoms with Gasteiger partial charge in [-0.2, -0.15) is 5.10 Å². The Labute approximate surface area is 154 Å². The van der Waals surface area contributed by atoms with Crippen molar-refractivity contribution in [3.05, 3.63) is 59.4 Å². The Balaban J connectivity index is 2.34. The molecule has 0 amide bonds. The van der Waals surface area contributed by atoms with Crippen LogP contribution in [-0.4, -0.2) is 33.0 Å². The van der Waals surface area contributed by atoms with E-state index in [1.807, 2.05) is 42.9 Å². The zero-order valence-corrected chi connectivity index (χ0v) is 15.8. The second-order valence-corrected chi connectivity index (χ2v) is 6.29. The highest BCUT2D eigenvalue weighted by Crippen LogP contribution is 2.20. The number of nitrogens with zero attached hydrogens (tertiary/aromatic N) is 4. The van der Waals surface area contributed by atoms with Gasteiger partial charge in [-0.25, -0.2) is 14.6 Å². The molecule has 1 atom stereocenters. The fourth-order valence-corrected chi connectivity index (χ4v) is 2.51. The van der Waals surface area contributed by atoms with Crippen LogP contribution in [0.5, 0.6) is 0 Å². The van der Waals surface area contributed by atoms with Gasteiger partial charge in [0.25, 0.3) is 0 Å². The third-order valence-electron chi connectivity index (χ3n) is 3.90. The van der Waals surface area contributed by atoms with Crippen molar-refractivity contribution in [1.29, 1.82) is 0 Å². The van der Waals surface area contributed by atoms with E-state index in [0.29, 0.717) is 0 Å². The van der Waals surface area contributed by atoms with Crippen LogP contribution < -0.4 is 0 Å². The Morgan fingerprint density at radius 1 is 1.28 bits per heavy atom. The van der Waals surface area contributed by atoms with Crippen molar-refractivity contribution in [3.8, 4) is 5.69 Å². The summed E-state index contributed by atoms with van der Waals surface area (Å²) < 4.78 is 7.23. The molecule has 25 heavy (non-hydrogen) atoms. The first-order valence-electron chi connectivity index (χ1n) is 8.55. The lowest BCUT2D eigenvalue weighted by Crippen LogP contribution is -2.05. The second kappa shape index (κ2) is 10.1. The topological polar surface area (TPSA) is 52.8 Å². The largest absolute Gasteiger partial charge is 0.382 e. The highest BCUT2D eigenvalue weighted by molar-refractivity contribution is 6.31. The van der Waals surface area contributed by atoms with Gasteiger partial charge in [0.2, 0.25) is 0 Å². The van der Waals surface area contributed by atoms with Crippen molar-refractivity contribution in [2.45, 2.75) is 39.5 Å². The van der Waals surface area contributed by atoms with Crippen LogP contribution in [0, 0.1) is 6.92 Å². The molecular weight excluding hydrogens is 336 g/mol. The summed E-state index contributed by atoms with van der Waals surface area (Å²) in [5.74, 6) is 0.264. The Bertz CT molecular complexity index is 731. The smallest absolute Gasteiger partial charge is 0.115 e. The van der Waals surface area contributed by atoms with Crippen LogP contribution in [0.4, 0.5) is 0 Å². The van der Waals surface area contributed by atoms with E-state index in [-0.39, 0.29) is 5.92 Å². The van der Waals surface area contributed by atoms with Crippen LogP contribution >= 0.6 is 11.6 Å². The van der Waals surface area contributed by atoms with Crippen molar-refractivity contribution >= 4 is 11.6 Å². The molecule has 1 unspecified atom stereocenters. The van der Waals surface area contributed by atoms with E-state index in [2.05, 4.69) is 16.9 Å². The molecule has 0 aliphatic carbocycles. The van der Waals surface area contributed by atoms with Gasteiger partial charge in [-0.05, 0) is 50.5 Å². The molecule has 0 radical (unpaired) electrons. The number of benzene rings is 1. The molecule has 134 valence electrons. The summed E-state index contributed by atoms with van der Waals surface area (Å²) in [6.07, 6.45) is 8.77. The van der Waals surface area contributed by atoms with Crippen LogP contribution in [0.2, 0.25) is 5.02 Å². The summed E-state index contributed by atoms with van der Waals surface area (Å²) >= 11 is 6.14. The standard InChI is InChI=1S/C19H25ClN4O/c1-4-25-11-5-6-15(2)19-13-22-14-21-9-10-24(23-19)17-7-8-18(20)16(3)12-17/h7-10,12-15H,4-6,11H2,1-3H3. The number of halogens is 1. The fraction of sp³-hybridized carbons (Fsp3) is 0.421. The molecular formula is C19H25ClN4O. The molecule has 0 N–H and O–H groups in total. The van der Waals surface area contributed by atoms with Gasteiger partial charge >= 0.3 is 0 Å². The van der Waals surface area contributed by atoms with Crippen LogP contribution in [0.15, 0.2) is 43.1 Å². The van der Waals surface area contributed by atoms with E-state index in [4.69, 9.17) is 21.4 Å². The summed E-state index contributed by atoms with van der Waals surface area (Å²) in [6.45, 7) is 7.66. The third kappa shape index (κ3) is 6.11. The number of aromatic nitrogens is 4. The lowest BCUT2D eigenvalue weighted by molar-refractivity contribution is 0.142. The average Bonchev–Trinajstić information content (AvgIpc) is 2.73. The number of rotatable bonds is 7. The van der Waals surface area contributed by atoms with E-state index in [1.54, 1.807) is 12.4 Å². The summed E-state index contributed by atoms with van der Waals surface area (Å²) in [6, 6.07) is 5.83. The molecule has 5 nitrogen and oxygen atoms in total. The van der Waals surface area contributed by atoms with Crippen LogP contribution in [0.3, 0.4) is 0 Å². The first kappa shape index (κ1) is 19.3. The van der Waals surface area contributed by atoms with Gasteiger partial charge in [-0.15, -0.1) is 0 Å². The van der Waals surface area contributed by atoms with Crippen molar-refractivity contribution in [2.75, 3.05) is 13.2 Å². The Kier molecular flexibility index (Phi) is 7.82. The van der Waals surface area contributed by atoms with Crippen LogP contribution in [0.1, 0.15) is 43.9 Å². The Hall–Kier alpha value is -1.98. The molecule has 0 aliphatic heterocycles. The Morgan fingerprint density at radius 3 is 2.88 bits per heavy atom. The van der Waals surface area contributed by atoms with Gasteiger partial charge in [0.05, 0.1) is 17.6 Å². The molecule has 1 aromatic heterocycles. The lowest BCUT2D eigenvalue weighted by atomic mass is 10.0. The molecule has 2 aromatic rings. The van der Waals surface area contributed by atoms with Crippen molar-refractivity contribution in [1.82, 2.24) is 19.7 Å². The quantitative estimate of drug-likeness (QED) is 0.673. The molecule has 0 saturated carbocycles. The van der Waals surface area contributed by atoms with Gasteiger partial charge in [0.1, 0.15) is 6.33 Å². The molecule has 1 heterocycles. The Morgan fingerprint density at radius 2 is 2.12 bits per heavy atom. The van der Waals surface area contributed by atoms with Gasteiger partial charge in [-0.3, -0.25) is 0 Å². The maximum Gasteiger partial charge on any atom is 0.115 e. The average molecular weight is 361 g/mol. The normalized spacial score (nSPS) is 11.8. The maximum absolute atomic E-state index is 6.14. The molecule has 0 aliphatic rings. The molecule has 6 heteroatoms. The zero-order chi connectivity index (χ0) is 18.1. The highest BCUT2D eigenvalue weighted by Gasteiger charge is 2.08. The van der Waals surface area contributed by atoms with Crippen molar-refractivity contribution < 1.29 is 4.74 Å². The van der Waals surface area contributed by atoms with Gasteiger partial charge in [0.15, 0.2) is 0 Å².